The van der Waals surface area contributed by atoms with E-state index in [4.69, 9.17) is 5.11 Å². The zero-order valence-electron chi connectivity index (χ0n) is 11.8. The number of carboxylic acids is 1. The molecule has 2 fully saturated rings. The Kier molecular flexibility index (Phi) is 4.05. The lowest BCUT2D eigenvalue weighted by Gasteiger charge is -2.43. The van der Waals surface area contributed by atoms with Gasteiger partial charge in [0.15, 0.2) is 0 Å². The maximum Gasteiger partial charge on any atom is 0.317 e. The molecule has 0 amide bonds. The molecule has 1 aromatic heterocycles. The predicted molar refractivity (Wildman–Crippen MR) is 76.6 cm³/mol. The number of halogens is 1. The van der Waals surface area contributed by atoms with E-state index in [1.807, 2.05) is 0 Å². The van der Waals surface area contributed by atoms with Gasteiger partial charge in [-0.3, -0.25) is 9.69 Å². The Labute approximate surface area is 123 Å². The average Bonchev–Trinajstić information content (AvgIpc) is 3.18. The van der Waals surface area contributed by atoms with Crippen LogP contribution >= 0.6 is 0 Å². The maximum atomic E-state index is 12.8. The molecule has 3 rings (SSSR count). The van der Waals surface area contributed by atoms with E-state index in [2.05, 4.69) is 15.2 Å². The number of carbonyl (C=O) groups is 1. The van der Waals surface area contributed by atoms with Gasteiger partial charge in [0, 0.05) is 18.6 Å². The molecule has 2 N–H and O–H groups in total. The second kappa shape index (κ2) is 5.97. The number of pyridine rings is 1. The number of hydrogen-bond donors (Lipinski definition) is 2. The lowest BCUT2D eigenvalue weighted by Crippen LogP contribution is -2.52. The minimum absolute atomic E-state index is 0.128. The Morgan fingerprint density at radius 2 is 2.19 bits per heavy atom. The number of aromatic nitrogens is 1. The minimum Gasteiger partial charge on any atom is -0.480 e. The van der Waals surface area contributed by atoms with Crippen LogP contribution in [-0.2, 0) is 4.79 Å². The average molecular weight is 293 g/mol. The van der Waals surface area contributed by atoms with Gasteiger partial charge >= 0.3 is 5.97 Å². The largest absolute Gasteiger partial charge is 0.480 e. The summed E-state index contributed by atoms with van der Waals surface area (Å²) in [5, 5.41) is 12.3. The molecule has 2 aliphatic carbocycles. The van der Waals surface area contributed by atoms with Gasteiger partial charge in [-0.1, -0.05) is 0 Å². The third-order valence-corrected chi connectivity index (χ3v) is 4.24. The number of rotatable bonds is 7. The van der Waals surface area contributed by atoms with Crippen molar-refractivity contribution < 1.29 is 14.3 Å². The third kappa shape index (κ3) is 3.91. The fourth-order valence-electron chi connectivity index (χ4n) is 2.82. The summed E-state index contributed by atoms with van der Waals surface area (Å²) in [6.07, 6.45) is 5.48. The monoisotopic (exact) mass is 293 g/mol. The molecule has 1 aromatic rings. The zero-order chi connectivity index (χ0) is 14.8. The highest BCUT2D eigenvalue weighted by Gasteiger charge is 2.37. The Bertz CT molecular complexity index is 498. The van der Waals surface area contributed by atoms with Crippen LogP contribution in [-0.4, -0.2) is 46.1 Å². The van der Waals surface area contributed by atoms with Crippen LogP contribution in [0.1, 0.15) is 25.7 Å². The zero-order valence-corrected chi connectivity index (χ0v) is 11.8. The molecule has 0 aromatic carbocycles. The number of carboxylic acid groups (broad SMARTS) is 1. The van der Waals surface area contributed by atoms with Crippen molar-refractivity contribution in [2.75, 3.05) is 18.4 Å². The van der Waals surface area contributed by atoms with Gasteiger partial charge in [-0.2, -0.15) is 0 Å². The molecular weight excluding hydrogens is 273 g/mol. The summed E-state index contributed by atoms with van der Waals surface area (Å²) in [6.45, 7) is 1.03. The van der Waals surface area contributed by atoms with Crippen LogP contribution in [0, 0.1) is 11.7 Å². The van der Waals surface area contributed by atoms with Crippen molar-refractivity contribution in [1.82, 2.24) is 9.88 Å². The molecule has 0 unspecified atom stereocenters. The first-order valence-corrected chi connectivity index (χ1v) is 7.44. The van der Waals surface area contributed by atoms with Crippen molar-refractivity contribution in [3.05, 3.63) is 24.1 Å². The van der Waals surface area contributed by atoms with Gasteiger partial charge in [0.25, 0.3) is 0 Å². The van der Waals surface area contributed by atoms with Crippen molar-refractivity contribution in [2.24, 2.45) is 5.92 Å². The molecule has 5 nitrogen and oxygen atoms in total. The van der Waals surface area contributed by atoms with Crippen molar-refractivity contribution in [1.29, 1.82) is 0 Å². The predicted octanol–water partition coefficient (Wildman–Crippen LogP) is 1.96. The van der Waals surface area contributed by atoms with Crippen molar-refractivity contribution >= 4 is 11.8 Å². The summed E-state index contributed by atoms with van der Waals surface area (Å²) in [4.78, 5) is 17.0. The normalized spacial score (nSPS) is 24.7. The van der Waals surface area contributed by atoms with Crippen LogP contribution in [0.2, 0.25) is 0 Å². The molecule has 114 valence electrons. The summed E-state index contributed by atoms with van der Waals surface area (Å²) in [6, 6.07) is 3.64. The Hall–Kier alpha value is -1.69. The molecule has 0 spiro atoms. The first-order valence-electron chi connectivity index (χ1n) is 7.44. The number of nitrogens with zero attached hydrogens (tertiary/aromatic N) is 2. The Morgan fingerprint density at radius 1 is 1.43 bits per heavy atom. The van der Waals surface area contributed by atoms with E-state index >= 15 is 0 Å². The molecule has 0 bridgehead atoms. The molecule has 2 aliphatic rings. The molecule has 21 heavy (non-hydrogen) atoms. The van der Waals surface area contributed by atoms with E-state index < -0.39 is 5.97 Å². The SMILES string of the molecule is O=C(O)CN(CC1CC1)C1CC(Nc2ccc(F)cn2)C1. The summed E-state index contributed by atoms with van der Waals surface area (Å²) in [7, 11) is 0. The van der Waals surface area contributed by atoms with E-state index in [-0.39, 0.29) is 12.4 Å². The highest BCUT2D eigenvalue weighted by Crippen LogP contribution is 2.34. The van der Waals surface area contributed by atoms with Crippen molar-refractivity contribution in [2.45, 2.75) is 37.8 Å². The lowest BCUT2D eigenvalue weighted by atomic mass is 9.85. The third-order valence-electron chi connectivity index (χ3n) is 4.24. The van der Waals surface area contributed by atoms with Crippen LogP contribution in [0.4, 0.5) is 10.2 Å². The topological polar surface area (TPSA) is 65.5 Å². The van der Waals surface area contributed by atoms with E-state index in [0.29, 0.717) is 23.8 Å². The van der Waals surface area contributed by atoms with Gasteiger partial charge in [0.05, 0.1) is 12.7 Å². The first kappa shape index (κ1) is 14.3. The number of hydrogen-bond acceptors (Lipinski definition) is 4. The van der Waals surface area contributed by atoms with Crippen LogP contribution < -0.4 is 5.32 Å². The number of aliphatic carboxylic acids is 1. The van der Waals surface area contributed by atoms with Gasteiger partial charge in [-0.05, 0) is 43.7 Å². The highest BCUT2D eigenvalue weighted by atomic mass is 19.1. The fourth-order valence-corrected chi connectivity index (χ4v) is 2.82. The van der Waals surface area contributed by atoms with E-state index in [9.17, 15) is 9.18 Å². The van der Waals surface area contributed by atoms with Crippen LogP contribution in [0.5, 0.6) is 0 Å². The molecule has 2 saturated carbocycles. The fraction of sp³-hybridized carbons (Fsp3) is 0.600. The summed E-state index contributed by atoms with van der Waals surface area (Å²) < 4.78 is 12.8. The van der Waals surface area contributed by atoms with E-state index in [0.717, 1.165) is 19.4 Å². The standard InChI is InChI=1S/C15H20FN3O2/c16-11-3-4-14(17-7-11)18-12-5-13(6-12)19(9-15(20)21)8-10-1-2-10/h3-4,7,10,12-13H,1-2,5-6,8-9H2,(H,17,18)(H,20,21). The summed E-state index contributed by atoms with van der Waals surface area (Å²) in [5.41, 5.74) is 0. The summed E-state index contributed by atoms with van der Waals surface area (Å²) in [5.74, 6) is 0.262. The number of anilines is 1. The Morgan fingerprint density at radius 3 is 2.76 bits per heavy atom. The van der Waals surface area contributed by atoms with Gasteiger partial charge in [0.2, 0.25) is 0 Å². The van der Waals surface area contributed by atoms with Crippen LogP contribution in [0.15, 0.2) is 18.3 Å². The van der Waals surface area contributed by atoms with Crippen LogP contribution in [0.3, 0.4) is 0 Å². The minimum atomic E-state index is -0.757. The quantitative estimate of drug-likeness (QED) is 0.804. The van der Waals surface area contributed by atoms with E-state index in [1.54, 1.807) is 6.07 Å². The second-order valence-electron chi connectivity index (χ2n) is 6.09. The van der Waals surface area contributed by atoms with Gasteiger partial charge in [-0.25, -0.2) is 9.37 Å². The lowest BCUT2D eigenvalue weighted by molar-refractivity contribution is -0.139. The molecule has 1 heterocycles. The number of nitrogens with one attached hydrogen (secondary N) is 1. The first-order chi connectivity index (χ1) is 10.1. The Balaban J connectivity index is 1.48. The van der Waals surface area contributed by atoms with Gasteiger partial charge in [0.1, 0.15) is 11.6 Å². The molecule has 0 saturated heterocycles. The molecule has 0 aliphatic heterocycles. The smallest absolute Gasteiger partial charge is 0.317 e. The molecular formula is C15H20FN3O2. The molecule has 0 radical (unpaired) electrons. The maximum absolute atomic E-state index is 12.8. The van der Waals surface area contributed by atoms with Crippen LogP contribution in [0.25, 0.3) is 0 Å². The van der Waals surface area contributed by atoms with Crippen molar-refractivity contribution in [3.63, 3.8) is 0 Å². The summed E-state index contributed by atoms with van der Waals surface area (Å²) >= 11 is 0. The van der Waals surface area contributed by atoms with Gasteiger partial charge in [-0.15, -0.1) is 0 Å². The molecule has 6 heteroatoms. The highest BCUT2D eigenvalue weighted by molar-refractivity contribution is 5.69. The van der Waals surface area contributed by atoms with Crippen molar-refractivity contribution in [3.8, 4) is 0 Å². The van der Waals surface area contributed by atoms with E-state index in [1.165, 1.54) is 25.1 Å². The second-order valence-corrected chi connectivity index (χ2v) is 6.09. The van der Waals surface area contributed by atoms with Gasteiger partial charge < -0.3 is 10.4 Å². The molecule has 0 atom stereocenters.